The zero-order valence-electron chi connectivity index (χ0n) is 19.6. The van der Waals surface area contributed by atoms with Gasteiger partial charge in [-0.05, 0) is 49.1 Å². The minimum absolute atomic E-state index is 0.0216. The van der Waals surface area contributed by atoms with Gasteiger partial charge in [-0.15, -0.1) is 0 Å². The van der Waals surface area contributed by atoms with Crippen LogP contribution in [0.2, 0.25) is 5.02 Å². The lowest BCUT2D eigenvalue weighted by Gasteiger charge is -2.27. The van der Waals surface area contributed by atoms with Crippen molar-refractivity contribution in [3.8, 4) is 5.82 Å². The van der Waals surface area contributed by atoms with E-state index >= 15 is 0 Å². The number of rotatable bonds is 10. The van der Waals surface area contributed by atoms with Crippen LogP contribution in [-0.2, 0) is 11.3 Å². The van der Waals surface area contributed by atoms with Crippen LogP contribution in [0.25, 0.3) is 5.82 Å². The second-order valence-electron chi connectivity index (χ2n) is 8.84. The van der Waals surface area contributed by atoms with Crippen molar-refractivity contribution in [3.05, 3.63) is 65.4 Å². The maximum Gasteiger partial charge on any atom is 0.242 e. The fraction of sp³-hybridized carbons (Fsp3) is 0.423. The predicted molar refractivity (Wildman–Crippen MR) is 137 cm³/mol. The number of carbonyl (C=O) groups is 1. The maximum atomic E-state index is 13.3. The molecule has 4 rings (SSSR count). The summed E-state index contributed by atoms with van der Waals surface area (Å²) in [6.07, 6.45) is 10.8. The van der Waals surface area contributed by atoms with Gasteiger partial charge in [0.05, 0.1) is 0 Å². The van der Waals surface area contributed by atoms with Gasteiger partial charge in [0.15, 0.2) is 0 Å². The number of nitrogens with zero attached hydrogens (tertiary/aromatic N) is 3. The van der Waals surface area contributed by atoms with E-state index in [1.807, 2.05) is 66.3 Å². The van der Waals surface area contributed by atoms with Crippen LogP contribution in [0.15, 0.2) is 54.9 Å². The highest BCUT2D eigenvalue weighted by Crippen LogP contribution is 2.28. The SMILES string of the molecule is CCNc1nc(NC(CC2CCCCC2)C(=O)NCc2ccc(Cl)cc2)cc(-n2cccc2)n1. The van der Waals surface area contributed by atoms with Gasteiger partial charge in [0.1, 0.15) is 17.7 Å². The quantitative estimate of drug-likeness (QED) is 0.361. The fourth-order valence-electron chi connectivity index (χ4n) is 4.45. The average molecular weight is 481 g/mol. The molecule has 1 fully saturated rings. The van der Waals surface area contributed by atoms with Crippen molar-refractivity contribution in [3.63, 3.8) is 0 Å². The van der Waals surface area contributed by atoms with Gasteiger partial charge >= 0.3 is 0 Å². The summed E-state index contributed by atoms with van der Waals surface area (Å²) in [6, 6.07) is 13.0. The Labute approximate surface area is 206 Å². The molecule has 1 aliphatic carbocycles. The zero-order valence-corrected chi connectivity index (χ0v) is 20.4. The van der Waals surface area contributed by atoms with E-state index < -0.39 is 0 Å². The molecular formula is C26H33ClN6O. The highest BCUT2D eigenvalue weighted by Gasteiger charge is 2.25. The van der Waals surface area contributed by atoms with Crippen LogP contribution in [0.5, 0.6) is 0 Å². The molecule has 0 spiro atoms. The third-order valence-electron chi connectivity index (χ3n) is 6.23. The molecule has 0 bridgehead atoms. The molecule has 2 heterocycles. The van der Waals surface area contributed by atoms with Gasteiger partial charge in [0, 0.05) is 36.6 Å². The first-order valence-electron chi connectivity index (χ1n) is 12.2. The highest BCUT2D eigenvalue weighted by atomic mass is 35.5. The summed E-state index contributed by atoms with van der Waals surface area (Å²) >= 11 is 5.99. The van der Waals surface area contributed by atoms with Crippen LogP contribution in [0.4, 0.5) is 11.8 Å². The van der Waals surface area contributed by atoms with Gasteiger partial charge in [0.25, 0.3) is 0 Å². The van der Waals surface area contributed by atoms with Crippen LogP contribution in [0.1, 0.15) is 51.0 Å². The summed E-state index contributed by atoms with van der Waals surface area (Å²) in [5, 5.41) is 10.4. The van der Waals surface area contributed by atoms with Crippen LogP contribution in [-0.4, -0.2) is 33.0 Å². The number of halogens is 1. The van der Waals surface area contributed by atoms with Crippen molar-refractivity contribution < 1.29 is 4.79 Å². The van der Waals surface area contributed by atoms with E-state index in [0.717, 1.165) is 17.8 Å². The molecule has 1 unspecified atom stereocenters. The molecule has 1 aromatic carbocycles. The number of amides is 1. The van der Waals surface area contributed by atoms with Crippen LogP contribution in [0.3, 0.4) is 0 Å². The summed E-state index contributed by atoms with van der Waals surface area (Å²) in [5.74, 6) is 2.43. The number of aromatic nitrogens is 3. The molecule has 1 saturated carbocycles. The van der Waals surface area contributed by atoms with E-state index in [1.54, 1.807) is 0 Å². The molecule has 2 aromatic heterocycles. The van der Waals surface area contributed by atoms with Crippen molar-refractivity contribution in [2.45, 2.75) is 58.0 Å². The topological polar surface area (TPSA) is 83.9 Å². The summed E-state index contributed by atoms with van der Waals surface area (Å²) in [7, 11) is 0. The smallest absolute Gasteiger partial charge is 0.242 e. The first kappa shape index (κ1) is 24.1. The lowest BCUT2D eigenvalue weighted by Crippen LogP contribution is -2.41. The van der Waals surface area contributed by atoms with Crippen molar-refractivity contribution in [1.29, 1.82) is 0 Å². The van der Waals surface area contributed by atoms with Gasteiger partial charge in [-0.1, -0.05) is 55.8 Å². The van der Waals surface area contributed by atoms with E-state index in [-0.39, 0.29) is 11.9 Å². The third kappa shape index (κ3) is 6.73. The van der Waals surface area contributed by atoms with Crippen LogP contribution < -0.4 is 16.0 Å². The Morgan fingerprint density at radius 3 is 2.56 bits per heavy atom. The maximum absolute atomic E-state index is 13.3. The van der Waals surface area contributed by atoms with E-state index in [4.69, 9.17) is 11.6 Å². The number of hydrogen-bond donors (Lipinski definition) is 3. The Kier molecular flexibility index (Phi) is 8.41. The van der Waals surface area contributed by atoms with Gasteiger partial charge in [-0.3, -0.25) is 4.79 Å². The molecule has 1 aliphatic rings. The molecule has 1 atom stereocenters. The Bertz CT molecular complexity index is 1050. The molecule has 7 nitrogen and oxygen atoms in total. The summed E-state index contributed by atoms with van der Waals surface area (Å²) < 4.78 is 1.93. The van der Waals surface area contributed by atoms with Gasteiger partial charge < -0.3 is 20.5 Å². The average Bonchev–Trinajstić information content (AvgIpc) is 3.39. The summed E-state index contributed by atoms with van der Waals surface area (Å²) in [6.45, 7) is 3.18. The lowest BCUT2D eigenvalue weighted by atomic mass is 9.84. The molecule has 0 saturated heterocycles. The Hall–Kier alpha value is -3.06. The van der Waals surface area contributed by atoms with Crippen molar-refractivity contribution in [2.24, 2.45) is 5.92 Å². The standard InChI is InChI=1S/C26H33ClN6O/c1-2-28-26-31-23(17-24(32-26)33-14-6-7-15-33)30-22(16-19-8-4-3-5-9-19)25(34)29-18-20-10-12-21(27)13-11-20/h6-7,10-15,17,19,22H,2-5,8-9,16,18H2,1H3,(H,29,34)(H2,28,30,31,32). The Balaban J connectivity index is 1.53. The second kappa shape index (κ2) is 11.9. The Morgan fingerprint density at radius 2 is 1.85 bits per heavy atom. The van der Waals surface area contributed by atoms with Crippen molar-refractivity contribution in [1.82, 2.24) is 19.9 Å². The minimum Gasteiger partial charge on any atom is -0.358 e. The van der Waals surface area contributed by atoms with Crippen molar-refractivity contribution >= 4 is 29.3 Å². The molecule has 0 aliphatic heterocycles. The monoisotopic (exact) mass is 480 g/mol. The minimum atomic E-state index is -0.378. The summed E-state index contributed by atoms with van der Waals surface area (Å²) in [5.41, 5.74) is 1.01. The first-order valence-corrected chi connectivity index (χ1v) is 12.5. The number of carbonyl (C=O) groups excluding carboxylic acids is 1. The first-order chi connectivity index (χ1) is 16.6. The van der Waals surface area contributed by atoms with Gasteiger partial charge in [-0.25, -0.2) is 0 Å². The van der Waals surface area contributed by atoms with Crippen LogP contribution in [0, 0.1) is 5.92 Å². The van der Waals surface area contributed by atoms with E-state index in [9.17, 15) is 4.79 Å². The number of nitrogens with one attached hydrogen (secondary N) is 3. The molecule has 34 heavy (non-hydrogen) atoms. The zero-order chi connectivity index (χ0) is 23.8. The summed E-state index contributed by atoms with van der Waals surface area (Å²) in [4.78, 5) is 22.6. The Morgan fingerprint density at radius 1 is 1.12 bits per heavy atom. The normalized spacial score (nSPS) is 15.0. The fourth-order valence-corrected chi connectivity index (χ4v) is 4.57. The molecular weight excluding hydrogens is 448 g/mol. The molecule has 3 N–H and O–H groups in total. The van der Waals surface area contributed by atoms with Crippen molar-refractivity contribution in [2.75, 3.05) is 17.2 Å². The van der Waals surface area contributed by atoms with Gasteiger partial charge in [-0.2, -0.15) is 9.97 Å². The molecule has 3 aromatic rings. The second-order valence-corrected chi connectivity index (χ2v) is 9.27. The number of hydrogen-bond acceptors (Lipinski definition) is 5. The van der Waals surface area contributed by atoms with Crippen LogP contribution >= 0.6 is 11.6 Å². The predicted octanol–water partition coefficient (Wildman–Crippen LogP) is 5.42. The molecule has 8 heteroatoms. The van der Waals surface area contributed by atoms with E-state index in [1.165, 1.54) is 32.1 Å². The number of benzene rings is 1. The van der Waals surface area contributed by atoms with E-state index in [0.29, 0.717) is 35.8 Å². The lowest BCUT2D eigenvalue weighted by molar-refractivity contribution is -0.122. The highest BCUT2D eigenvalue weighted by molar-refractivity contribution is 6.30. The molecule has 0 radical (unpaired) electrons. The third-order valence-corrected chi connectivity index (χ3v) is 6.48. The molecule has 1 amide bonds. The van der Waals surface area contributed by atoms with E-state index in [2.05, 4.69) is 25.9 Å². The number of anilines is 2. The van der Waals surface area contributed by atoms with Gasteiger partial charge in [0.2, 0.25) is 11.9 Å². The molecule has 180 valence electrons. The largest absolute Gasteiger partial charge is 0.358 e.